The molecule has 2 aromatic rings. The van der Waals surface area contributed by atoms with Gasteiger partial charge in [0.15, 0.2) is 0 Å². The van der Waals surface area contributed by atoms with Crippen molar-refractivity contribution in [3.63, 3.8) is 0 Å². The summed E-state index contributed by atoms with van der Waals surface area (Å²) in [6, 6.07) is 16.2. The fourth-order valence-corrected chi connectivity index (χ4v) is 3.78. The molecule has 1 saturated heterocycles. The molecule has 110 valence electrons. The first kappa shape index (κ1) is 14.1. The van der Waals surface area contributed by atoms with Crippen molar-refractivity contribution >= 4 is 10.2 Å². The van der Waals surface area contributed by atoms with Crippen LogP contribution in [0.2, 0.25) is 0 Å². The second-order valence-electron chi connectivity index (χ2n) is 4.88. The van der Waals surface area contributed by atoms with Crippen molar-refractivity contribution in [2.24, 2.45) is 0 Å². The van der Waals surface area contributed by atoms with Crippen molar-refractivity contribution in [3.8, 4) is 5.75 Å². The van der Waals surface area contributed by atoms with Gasteiger partial charge in [0.25, 0.3) is 10.2 Å². The molecule has 0 amide bonds. The van der Waals surface area contributed by atoms with E-state index >= 15 is 0 Å². The average Bonchev–Trinajstić information content (AvgIpc) is 2.84. The lowest BCUT2D eigenvalue weighted by Crippen LogP contribution is -2.24. The predicted octanol–water partition coefficient (Wildman–Crippen LogP) is 1.92. The maximum absolute atomic E-state index is 11.9. The monoisotopic (exact) mass is 304 g/mol. The Morgan fingerprint density at radius 3 is 1.90 bits per heavy atom. The normalized spacial score (nSPS) is 23.9. The first-order valence-corrected chi connectivity index (χ1v) is 8.06. The Morgan fingerprint density at radius 2 is 1.38 bits per heavy atom. The fourth-order valence-electron chi connectivity index (χ4n) is 2.50. The molecule has 0 aromatic heterocycles. The highest BCUT2D eigenvalue weighted by Crippen LogP contribution is 2.34. The standard InChI is InChI=1S/C15H16N2O3S/c1-20-13-9-7-12(8-10-13)15-14(16-21(18,19)17-15)11-5-3-2-4-6-11/h2-10,14-17H,1H3. The van der Waals surface area contributed by atoms with Crippen LogP contribution in [0.3, 0.4) is 0 Å². The number of rotatable bonds is 3. The second kappa shape index (κ2) is 5.48. The Bertz CT molecular complexity index is 714. The minimum atomic E-state index is -3.49. The molecule has 2 atom stereocenters. The van der Waals surface area contributed by atoms with Crippen LogP contribution in [0.4, 0.5) is 0 Å². The van der Waals surface area contributed by atoms with Crippen LogP contribution in [0.1, 0.15) is 23.2 Å². The van der Waals surface area contributed by atoms with E-state index in [-0.39, 0.29) is 12.1 Å². The van der Waals surface area contributed by atoms with E-state index < -0.39 is 10.2 Å². The van der Waals surface area contributed by atoms with Gasteiger partial charge in [-0.05, 0) is 23.3 Å². The largest absolute Gasteiger partial charge is 0.497 e. The molecule has 5 nitrogen and oxygen atoms in total. The number of benzene rings is 2. The van der Waals surface area contributed by atoms with Crippen LogP contribution in [0.15, 0.2) is 54.6 Å². The maximum atomic E-state index is 11.9. The Labute approximate surface area is 124 Å². The average molecular weight is 304 g/mol. The fraction of sp³-hybridized carbons (Fsp3) is 0.200. The molecule has 21 heavy (non-hydrogen) atoms. The van der Waals surface area contributed by atoms with Crippen molar-refractivity contribution < 1.29 is 13.2 Å². The van der Waals surface area contributed by atoms with Gasteiger partial charge < -0.3 is 4.74 Å². The van der Waals surface area contributed by atoms with Crippen LogP contribution in [0.25, 0.3) is 0 Å². The molecular weight excluding hydrogens is 288 g/mol. The molecule has 2 N–H and O–H groups in total. The number of ether oxygens (including phenoxy) is 1. The summed E-state index contributed by atoms with van der Waals surface area (Å²) >= 11 is 0. The molecule has 1 fully saturated rings. The summed E-state index contributed by atoms with van der Waals surface area (Å²) in [5, 5.41) is 0. The molecule has 0 aliphatic carbocycles. The molecule has 2 aromatic carbocycles. The maximum Gasteiger partial charge on any atom is 0.278 e. The third-order valence-corrected chi connectivity index (χ3v) is 4.66. The third kappa shape index (κ3) is 2.92. The molecular formula is C15H16N2O3S. The zero-order valence-corrected chi connectivity index (χ0v) is 12.3. The van der Waals surface area contributed by atoms with E-state index in [2.05, 4.69) is 9.44 Å². The van der Waals surface area contributed by atoms with Gasteiger partial charge in [0.05, 0.1) is 19.2 Å². The van der Waals surface area contributed by atoms with E-state index in [1.54, 1.807) is 7.11 Å². The van der Waals surface area contributed by atoms with Crippen molar-refractivity contribution in [3.05, 3.63) is 65.7 Å². The van der Waals surface area contributed by atoms with Gasteiger partial charge in [-0.1, -0.05) is 42.5 Å². The van der Waals surface area contributed by atoms with Gasteiger partial charge in [-0.25, -0.2) is 0 Å². The van der Waals surface area contributed by atoms with E-state index in [1.807, 2.05) is 54.6 Å². The van der Waals surface area contributed by atoms with Crippen LogP contribution in [-0.2, 0) is 10.2 Å². The van der Waals surface area contributed by atoms with Crippen molar-refractivity contribution in [1.82, 2.24) is 9.44 Å². The summed E-state index contributed by atoms with van der Waals surface area (Å²) < 4.78 is 34.2. The summed E-state index contributed by atoms with van der Waals surface area (Å²) in [5.41, 5.74) is 1.81. The smallest absolute Gasteiger partial charge is 0.278 e. The highest BCUT2D eigenvalue weighted by molar-refractivity contribution is 7.87. The summed E-state index contributed by atoms with van der Waals surface area (Å²) in [6.07, 6.45) is 0. The van der Waals surface area contributed by atoms with Crippen LogP contribution in [0.5, 0.6) is 5.75 Å². The summed E-state index contributed by atoms with van der Waals surface area (Å²) in [4.78, 5) is 0. The Morgan fingerprint density at radius 1 is 0.857 bits per heavy atom. The van der Waals surface area contributed by atoms with Gasteiger partial charge in [-0.15, -0.1) is 0 Å². The predicted molar refractivity (Wildman–Crippen MR) is 80.1 cm³/mol. The lowest BCUT2D eigenvalue weighted by Gasteiger charge is -2.18. The third-order valence-electron chi connectivity index (χ3n) is 3.53. The molecule has 0 saturated carbocycles. The van der Waals surface area contributed by atoms with E-state index in [1.165, 1.54) is 0 Å². The highest BCUT2D eigenvalue weighted by atomic mass is 32.2. The summed E-state index contributed by atoms with van der Waals surface area (Å²) in [5.74, 6) is 0.740. The molecule has 0 bridgehead atoms. The zero-order chi connectivity index (χ0) is 14.9. The zero-order valence-electron chi connectivity index (χ0n) is 11.5. The molecule has 2 unspecified atom stereocenters. The minimum absolute atomic E-state index is 0.329. The number of methoxy groups -OCH3 is 1. The SMILES string of the molecule is COc1ccc(C2NS(=O)(=O)NC2c2ccccc2)cc1. The van der Waals surface area contributed by atoms with Crippen LogP contribution in [-0.4, -0.2) is 15.5 Å². The number of nitrogens with one attached hydrogen (secondary N) is 2. The lowest BCUT2D eigenvalue weighted by atomic mass is 9.95. The van der Waals surface area contributed by atoms with Crippen LogP contribution in [0, 0.1) is 0 Å². The molecule has 1 aliphatic rings. The molecule has 0 radical (unpaired) electrons. The van der Waals surface area contributed by atoms with E-state index in [9.17, 15) is 8.42 Å². The second-order valence-corrected chi connectivity index (χ2v) is 6.36. The quantitative estimate of drug-likeness (QED) is 0.910. The van der Waals surface area contributed by atoms with Gasteiger partial charge in [-0.2, -0.15) is 17.9 Å². The van der Waals surface area contributed by atoms with Crippen molar-refractivity contribution in [1.29, 1.82) is 0 Å². The van der Waals surface area contributed by atoms with Crippen LogP contribution < -0.4 is 14.2 Å². The van der Waals surface area contributed by atoms with Crippen molar-refractivity contribution in [2.45, 2.75) is 12.1 Å². The Kier molecular flexibility index (Phi) is 3.67. The summed E-state index contributed by atoms with van der Waals surface area (Å²) in [6.45, 7) is 0. The Balaban J connectivity index is 1.97. The first-order chi connectivity index (χ1) is 10.1. The molecule has 1 heterocycles. The van der Waals surface area contributed by atoms with Crippen LogP contribution >= 0.6 is 0 Å². The van der Waals surface area contributed by atoms with E-state index in [0.29, 0.717) is 0 Å². The molecule has 1 aliphatic heterocycles. The van der Waals surface area contributed by atoms with Gasteiger partial charge in [-0.3, -0.25) is 0 Å². The van der Waals surface area contributed by atoms with Gasteiger partial charge >= 0.3 is 0 Å². The number of hydrogen-bond acceptors (Lipinski definition) is 3. The van der Waals surface area contributed by atoms with Crippen molar-refractivity contribution in [2.75, 3.05) is 7.11 Å². The van der Waals surface area contributed by atoms with Gasteiger partial charge in [0, 0.05) is 0 Å². The van der Waals surface area contributed by atoms with E-state index in [0.717, 1.165) is 16.9 Å². The topological polar surface area (TPSA) is 67.4 Å². The minimum Gasteiger partial charge on any atom is -0.497 e. The molecule has 3 rings (SSSR count). The van der Waals surface area contributed by atoms with E-state index in [4.69, 9.17) is 4.74 Å². The summed E-state index contributed by atoms with van der Waals surface area (Å²) in [7, 11) is -1.89. The molecule has 6 heteroatoms. The number of hydrogen-bond donors (Lipinski definition) is 2. The van der Waals surface area contributed by atoms with Gasteiger partial charge in [0.2, 0.25) is 0 Å². The van der Waals surface area contributed by atoms with Gasteiger partial charge in [0.1, 0.15) is 5.75 Å². The molecule has 0 spiro atoms. The lowest BCUT2D eigenvalue weighted by molar-refractivity contribution is 0.414. The highest BCUT2D eigenvalue weighted by Gasteiger charge is 2.37. The Hall–Kier alpha value is -1.89. The first-order valence-electron chi connectivity index (χ1n) is 6.57.